The molecule has 0 N–H and O–H groups in total. The Kier molecular flexibility index (Phi) is 5.13. The van der Waals surface area contributed by atoms with Crippen molar-refractivity contribution in [2.75, 3.05) is 27.2 Å². The molecule has 140 valence electrons. The smallest absolute Gasteiger partial charge is 0.263 e. The molecule has 4 rings (SSSR count). The van der Waals surface area contributed by atoms with Gasteiger partial charge in [-0.3, -0.25) is 19.7 Å². The summed E-state index contributed by atoms with van der Waals surface area (Å²) in [6.07, 6.45) is 9.21. The summed E-state index contributed by atoms with van der Waals surface area (Å²) in [5.41, 5.74) is 3.24. The normalized spacial score (nSPS) is 15.9. The quantitative estimate of drug-likeness (QED) is 0.695. The summed E-state index contributed by atoms with van der Waals surface area (Å²) >= 11 is 1.47. The SMILES string of the molecule is CN(C)C(=O)c1sc2nccnc2c1C1CCN(Cc2cccnc2)CC1. The van der Waals surface area contributed by atoms with Gasteiger partial charge in [0, 0.05) is 51.0 Å². The molecule has 0 radical (unpaired) electrons. The minimum Gasteiger partial charge on any atom is -0.344 e. The Morgan fingerprint density at radius 2 is 2.00 bits per heavy atom. The van der Waals surface area contributed by atoms with Gasteiger partial charge >= 0.3 is 0 Å². The summed E-state index contributed by atoms with van der Waals surface area (Å²) in [5, 5.41) is 0. The van der Waals surface area contributed by atoms with Gasteiger partial charge in [-0.15, -0.1) is 11.3 Å². The van der Waals surface area contributed by atoms with Gasteiger partial charge in [-0.1, -0.05) is 6.07 Å². The summed E-state index contributed by atoms with van der Waals surface area (Å²) in [4.78, 5) is 31.7. The van der Waals surface area contributed by atoms with Crippen molar-refractivity contribution in [3.8, 4) is 0 Å². The van der Waals surface area contributed by atoms with Crippen LogP contribution in [0.5, 0.6) is 0 Å². The Labute approximate surface area is 162 Å². The first-order chi connectivity index (χ1) is 13.1. The zero-order valence-corrected chi connectivity index (χ0v) is 16.4. The van der Waals surface area contributed by atoms with Crippen molar-refractivity contribution in [2.45, 2.75) is 25.3 Å². The number of carbonyl (C=O) groups is 1. The van der Waals surface area contributed by atoms with Crippen LogP contribution in [-0.4, -0.2) is 57.8 Å². The fourth-order valence-corrected chi connectivity index (χ4v) is 4.92. The zero-order valence-electron chi connectivity index (χ0n) is 15.6. The molecule has 4 heterocycles. The molecule has 7 heteroatoms. The Morgan fingerprint density at radius 3 is 2.70 bits per heavy atom. The van der Waals surface area contributed by atoms with Crippen molar-refractivity contribution in [2.24, 2.45) is 0 Å². The van der Waals surface area contributed by atoms with E-state index in [2.05, 4.69) is 25.9 Å². The van der Waals surface area contributed by atoms with Crippen LogP contribution < -0.4 is 0 Å². The summed E-state index contributed by atoms with van der Waals surface area (Å²) in [7, 11) is 3.60. The predicted octanol–water partition coefficient (Wildman–Crippen LogP) is 3.17. The van der Waals surface area contributed by atoms with Crippen LogP contribution in [0.15, 0.2) is 36.9 Å². The van der Waals surface area contributed by atoms with E-state index in [0.29, 0.717) is 5.92 Å². The van der Waals surface area contributed by atoms with Crippen LogP contribution in [0.25, 0.3) is 10.3 Å². The van der Waals surface area contributed by atoms with Gasteiger partial charge in [0.1, 0.15) is 10.3 Å². The monoisotopic (exact) mass is 381 g/mol. The highest BCUT2D eigenvalue weighted by atomic mass is 32.1. The van der Waals surface area contributed by atoms with Gasteiger partial charge in [-0.25, -0.2) is 4.98 Å². The van der Waals surface area contributed by atoms with Crippen LogP contribution in [0.4, 0.5) is 0 Å². The number of amides is 1. The fourth-order valence-electron chi connectivity index (χ4n) is 3.71. The number of nitrogens with zero attached hydrogens (tertiary/aromatic N) is 5. The fraction of sp³-hybridized carbons (Fsp3) is 0.400. The molecule has 1 fully saturated rings. The summed E-state index contributed by atoms with van der Waals surface area (Å²) in [5.74, 6) is 0.395. The molecule has 3 aromatic heterocycles. The van der Waals surface area contributed by atoms with Gasteiger partial charge in [0.05, 0.1) is 4.88 Å². The van der Waals surface area contributed by atoms with E-state index in [1.807, 2.05) is 18.5 Å². The number of fused-ring (bicyclic) bond motifs is 1. The molecule has 0 aliphatic carbocycles. The minimum atomic E-state index is 0.0487. The molecule has 27 heavy (non-hydrogen) atoms. The van der Waals surface area contributed by atoms with Crippen molar-refractivity contribution in [3.63, 3.8) is 0 Å². The second kappa shape index (κ2) is 7.70. The first kappa shape index (κ1) is 18.0. The van der Waals surface area contributed by atoms with E-state index < -0.39 is 0 Å². The van der Waals surface area contributed by atoms with Gasteiger partial charge in [-0.05, 0) is 43.5 Å². The molecular formula is C20H23N5OS. The van der Waals surface area contributed by atoms with Crippen LogP contribution in [0.1, 0.15) is 39.6 Å². The Bertz CT molecular complexity index is 932. The number of thiophene rings is 1. The maximum atomic E-state index is 12.7. The van der Waals surface area contributed by atoms with Gasteiger partial charge in [0.25, 0.3) is 5.91 Å². The number of pyridine rings is 1. The number of carbonyl (C=O) groups excluding carboxylic acids is 1. The van der Waals surface area contributed by atoms with Crippen molar-refractivity contribution in [3.05, 3.63) is 52.9 Å². The van der Waals surface area contributed by atoms with Crippen LogP contribution in [0.3, 0.4) is 0 Å². The number of rotatable bonds is 4. The lowest BCUT2D eigenvalue weighted by molar-refractivity contribution is 0.0830. The van der Waals surface area contributed by atoms with E-state index in [9.17, 15) is 4.79 Å². The predicted molar refractivity (Wildman–Crippen MR) is 107 cm³/mol. The number of aromatic nitrogens is 3. The third-order valence-corrected chi connectivity index (χ3v) is 6.18. The number of hydrogen-bond donors (Lipinski definition) is 0. The average molecular weight is 382 g/mol. The van der Waals surface area contributed by atoms with E-state index >= 15 is 0 Å². The van der Waals surface area contributed by atoms with Gasteiger partial charge in [-0.2, -0.15) is 0 Å². The van der Waals surface area contributed by atoms with Gasteiger partial charge < -0.3 is 4.90 Å². The highest BCUT2D eigenvalue weighted by Crippen LogP contribution is 2.39. The number of likely N-dealkylation sites (tertiary alicyclic amines) is 1. The minimum absolute atomic E-state index is 0.0487. The maximum Gasteiger partial charge on any atom is 0.263 e. The zero-order chi connectivity index (χ0) is 18.8. The Morgan fingerprint density at radius 1 is 1.22 bits per heavy atom. The second-order valence-corrected chi connectivity index (χ2v) is 8.17. The molecule has 0 spiro atoms. The lowest BCUT2D eigenvalue weighted by atomic mass is 9.88. The highest BCUT2D eigenvalue weighted by Gasteiger charge is 2.30. The first-order valence-corrected chi connectivity index (χ1v) is 10.0. The summed E-state index contributed by atoms with van der Waals surface area (Å²) in [6.45, 7) is 2.94. The first-order valence-electron chi connectivity index (χ1n) is 9.20. The summed E-state index contributed by atoms with van der Waals surface area (Å²) < 4.78 is 0. The number of piperidine rings is 1. The molecular weight excluding hydrogens is 358 g/mol. The lowest BCUT2D eigenvalue weighted by Gasteiger charge is -2.32. The number of hydrogen-bond acceptors (Lipinski definition) is 6. The molecule has 0 atom stereocenters. The van der Waals surface area contributed by atoms with Crippen LogP contribution in [-0.2, 0) is 6.54 Å². The third kappa shape index (κ3) is 3.70. The molecule has 0 unspecified atom stereocenters. The topological polar surface area (TPSA) is 62.2 Å². The standard InChI is InChI=1S/C20H23N5OS/c1-24(2)20(26)18-16(17-19(27-18)23-9-8-22-17)15-5-10-25(11-6-15)13-14-4-3-7-21-12-14/h3-4,7-9,12,15H,5-6,10-11,13H2,1-2H3. The lowest BCUT2D eigenvalue weighted by Crippen LogP contribution is -2.33. The molecule has 0 bridgehead atoms. The molecule has 0 saturated carbocycles. The molecule has 1 saturated heterocycles. The highest BCUT2D eigenvalue weighted by molar-refractivity contribution is 7.20. The Balaban J connectivity index is 1.56. The molecule has 0 aromatic carbocycles. The second-order valence-electron chi connectivity index (χ2n) is 7.17. The van der Waals surface area contributed by atoms with E-state index in [-0.39, 0.29) is 5.91 Å². The van der Waals surface area contributed by atoms with E-state index in [1.54, 1.807) is 31.4 Å². The maximum absolute atomic E-state index is 12.7. The van der Waals surface area contributed by atoms with E-state index in [0.717, 1.165) is 53.3 Å². The Hall–Kier alpha value is -2.38. The molecule has 1 amide bonds. The summed E-state index contributed by atoms with van der Waals surface area (Å²) in [6, 6.07) is 4.10. The van der Waals surface area contributed by atoms with Crippen LogP contribution in [0.2, 0.25) is 0 Å². The van der Waals surface area contributed by atoms with Crippen molar-refractivity contribution in [1.82, 2.24) is 24.8 Å². The third-order valence-electron chi connectivity index (χ3n) is 5.09. The van der Waals surface area contributed by atoms with Crippen LogP contribution in [0, 0.1) is 0 Å². The van der Waals surface area contributed by atoms with Crippen molar-refractivity contribution in [1.29, 1.82) is 0 Å². The molecule has 1 aliphatic rings. The van der Waals surface area contributed by atoms with E-state index in [1.165, 1.54) is 16.9 Å². The molecule has 3 aromatic rings. The molecule has 6 nitrogen and oxygen atoms in total. The van der Waals surface area contributed by atoms with Crippen molar-refractivity contribution >= 4 is 27.6 Å². The van der Waals surface area contributed by atoms with E-state index in [4.69, 9.17) is 0 Å². The van der Waals surface area contributed by atoms with Crippen LogP contribution >= 0.6 is 11.3 Å². The van der Waals surface area contributed by atoms with Crippen molar-refractivity contribution < 1.29 is 4.79 Å². The largest absolute Gasteiger partial charge is 0.344 e. The molecule has 1 aliphatic heterocycles. The van der Waals surface area contributed by atoms with Gasteiger partial charge in [0.2, 0.25) is 0 Å². The van der Waals surface area contributed by atoms with Gasteiger partial charge in [0.15, 0.2) is 0 Å². The average Bonchev–Trinajstić information content (AvgIpc) is 3.08.